The number of halogens is 4. The van der Waals surface area contributed by atoms with Crippen molar-refractivity contribution in [2.45, 2.75) is 5.51 Å². The molecule has 0 amide bonds. The average molecular weight is 255 g/mol. The van der Waals surface area contributed by atoms with Gasteiger partial charge in [-0.1, -0.05) is 0 Å². The second kappa shape index (κ2) is 3.02. The molecule has 11 heavy (non-hydrogen) atoms. The van der Waals surface area contributed by atoms with Crippen LogP contribution in [0.25, 0.3) is 0 Å². The van der Waals surface area contributed by atoms with Gasteiger partial charge in [0.1, 0.15) is 0 Å². The standard InChI is InChI=1S/C3H2BrF3O3S/c1-2(4)10-11(8,9)3(5,6)7/h1H2. The lowest BCUT2D eigenvalue weighted by Gasteiger charge is -2.06. The Morgan fingerprint density at radius 3 is 1.91 bits per heavy atom. The van der Waals surface area contributed by atoms with Crippen LogP contribution < -0.4 is 0 Å². The van der Waals surface area contributed by atoms with E-state index < -0.39 is 20.3 Å². The maximum atomic E-state index is 11.4. The SMILES string of the molecule is C=C(Br)OS(=O)(=O)C(F)(F)F. The van der Waals surface area contributed by atoms with Crippen LogP contribution in [0.15, 0.2) is 11.2 Å². The van der Waals surface area contributed by atoms with E-state index in [-0.39, 0.29) is 0 Å². The minimum atomic E-state index is -5.54. The minimum Gasteiger partial charge on any atom is -0.369 e. The van der Waals surface area contributed by atoms with Crippen molar-refractivity contribution in [1.29, 1.82) is 0 Å². The fourth-order valence-corrected chi connectivity index (χ4v) is 1.02. The Balaban J connectivity index is 4.64. The van der Waals surface area contributed by atoms with Gasteiger partial charge < -0.3 is 4.18 Å². The molecule has 0 rings (SSSR count). The molecule has 0 saturated carbocycles. The molecule has 0 spiro atoms. The zero-order valence-electron chi connectivity index (χ0n) is 4.85. The van der Waals surface area contributed by atoms with E-state index in [1.54, 1.807) is 0 Å². The lowest BCUT2D eigenvalue weighted by molar-refractivity contribution is -0.0516. The average Bonchev–Trinajstić information content (AvgIpc) is 1.56. The van der Waals surface area contributed by atoms with Crippen molar-refractivity contribution in [1.82, 2.24) is 0 Å². The highest BCUT2D eigenvalue weighted by atomic mass is 79.9. The highest BCUT2D eigenvalue weighted by Gasteiger charge is 2.48. The molecule has 0 aliphatic carbocycles. The van der Waals surface area contributed by atoms with Crippen LogP contribution in [-0.2, 0) is 14.3 Å². The predicted octanol–water partition coefficient (Wildman–Crippen LogP) is 1.72. The minimum absolute atomic E-state index is 0.713. The Hall–Kier alpha value is -0.240. The van der Waals surface area contributed by atoms with Crippen LogP contribution in [0.5, 0.6) is 0 Å². The van der Waals surface area contributed by atoms with Gasteiger partial charge in [0.05, 0.1) is 0 Å². The molecular formula is C3H2BrF3O3S. The van der Waals surface area contributed by atoms with Crippen LogP contribution >= 0.6 is 15.9 Å². The molecule has 0 aromatic rings. The fourth-order valence-electron chi connectivity index (χ4n) is 0.166. The highest BCUT2D eigenvalue weighted by Crippen LogP contribution is 2.27. The lowest BCUT2D eigenvalue weighted by Crippen LogP contribution is -2.24. The normalized spacial score (nSPS) is 12.7. The van der Waals surface area contributed by atoms with E-state index in [4.69, 9.17) is 0 Å². The monoisotopic (exact) mass is 254 g/mol. The Bertz CT molecular complexity index is 253. The first kappa shape index (κ1) is 10.8. The lowest BCUT2D eigenvalue weighted by atomic mass is 11.2. The van der Waals surface area contributed by atoms with Gasteiger partial charge in [-0.15, -0.1) is 0 Å². The summed E-state index contributed by atoms with van der Waals surface area (Å²) < 4.78 is 57.0. The number of rotatable bonds is 2. The van der Waals surface area contributed by atoms with Crippen LogP contribution in [0, 0.1) is 0 Å². The second-order valence-electron chi connectivity index (χ2n) is 1.34. The molecular weight excluding hydrogens is 253 g/mol. The molecule has 0 aromatic carbocycles. The Kier molecular flexibility index (Phi) is 2.95. The number of hydrogen-bond donors (Lipinski definition) is 0. The number of alkyl halides is 3. The van der Waals surface area contributed by atoms with Gasteiger partial charge in [0.2, 0.25) is 0 Å². The van der Waals surface area contributed by atoms with E-state index >= 15 is 0 Å². The van der Waals surface area contributed by atoms with Crippen LogP contribution in [0.1, 0.15) is 0 Å². The van der Waals surface area contributed by atoms with E-state index in [0.717, 1.165) is 0 Å². The summed E-state index contributed by atoms with van der Waals surface area (Å²) in [6.45, 7) is 2.77. The summed E-state index contributed by atoms with van der Waals surface area (Å²) >= 11 is 2.31. The summed E-state index contributed by atoms with van der Waals surface area (Å²) in [5, 5.41) is 0. The summed E-state index contributed by atoms with van der Waals surface area (Å²) in [4.78, 5) is 0. The third-order valence-electron chi connectivity index (χ3n) is 0.484. The molecule has 0 unspecified atom stereocenters. The third-order valence-corrected chi connectivity index (χ3v) is 1.85. The van der Waals surface area contributed by atoms with Crippen molar-refractivity contribution >= 4 is 26.0 Å². The molecule has 0 aliphatic rings. The Morgan fingerprint density at radius 2 is 1.82 bits per heavy atom. The van der Waals surface area contributed by atoms with Crippen molar-refractivity contribution in [3.63, 3.8) is 0 Å². The zero-order chi connectivity index (χ0) is 9.28. The van der Waals surface area contributed by atoms with Gasteiger partial charge in [0.15, 0.2) is 4.67 Å². The van der Waals surface area contributed by atoms with E-state index in [0.29, 0.717) is 0 Å². The topological polar surface area (TPSA) is 43.4 Å². The van der Waals surface area contributed by atoms with Gasteiger partial charge in [-0.25, -0.2) is 0 Å². The van der Waals surface area contributed by atoms with Crippen LogP contribution in [-0.4, -0.2) is 13.9 Å². The molecule has 0 aliphatic heterocycles. The van der Waals surface area contributed by atoms with E-state index in [1.165, 1.54) is 0 Å². The summed E-state index contributed by atoms with van der Waals surface area (Å²) in [6, 6.07) is 0. The Labute approximate surface area is 69.1 Å². The molecule has 0 saturated heterocycles. The predicted molar refractivity (Wildman–Crippen MR) is 34.1 cm³/mol. The van der Waals surface area contributed by atoms with Gasteiger partial charge in [-0.2, -0.15) is 21.6 Å². The first-order valence-electron chi connectivity index (χ1n) is 2.02. The maximum Gasteiger partial charge on any atom is 0.534 e. The van der Waals surface area contributed by atoms with E-state index in [1.807, 2.05) is 0 Å². The zero-order valence-corrected chi connectivity index (χ0v) is 7.25. The van der Waals surface area contributed by atoms with Gasteiger partial charge in [-0.3, -0.25) is 0 Å². The van der Waals surface area contributed by atoms with Crippen molar-refractivity contribution < 1.29 is 25.8 Å². The van der Waals surface area contributed by atoms with Gasteiger partial charge in [0.25, 0.3) is 0 Å². The Morgan fingerprint density at radius 1 is 1.45 bits per heavy atom. The van der Waals surface area contributed by atoms with Crippen LogP contribution in [0.4, 0.5) is 13.2 Å². The van der Waals surface area contributed by atoms with Crippen LogP contribution in [0.2, 0.25) is 0 Å². The van der Waals surface area contributed by atoms with E-state index in [9.17, 15) is 21.6 Å². The summed E-state index contributed by atoms with van der Waals surface area (Å²) in [7, 11) is -5.54. The molecule has 3 nitrogen and oxygen atoms in total. The van der Waals surface area contributed by atoms with Crippen molar-refractivity contribution in [3.8, 4) is 0 Å². The smallest absolute Gasteiger partial charge is 0.369 e. The first-order valence-corrected chi connectivity index (χ1v) is 4.22. The summed E-state index contributed by atoms with van der Waals surface area (Å²) in [5.74, 6) is 0. The third kappa shape index (κ3) is 3.10. The van der Waals surface area contributed by atoms with Crippen molar-refractivity contribution in [2.75, 3.05) is 0 Å². The van der Waals surface area contributed by atoms with Crippen LogP contribution in [0.3, 0.4) is 0 Å². The molecule has 0 fully saturated rings. The van der Waals surface area contributed by atoms with Gasteiger partial charge in [0, 0.05) is 0 Å². The molecule has 0 N–H and O–H groups in total. The van der Waals surface area contributed by atoms with Crippen molar-refractivity contribution in [2.24, 2.45) is 0 Å². The van der Waals surface area contributed by atoms with Gasteiger partial charge in [-0.05, 0) is 22.5 Å². The second-order valence-corrected chi connectivity index (χ2v) is 3.76. The molecule has 0 radical (unpaired) electrons. The largest absolute Gasteiger partial charge is 0.534 e. The molecule has 0 atom stereocenters. The molecule has 66 valence electrons. The quantitative estimate of drug-likeness (QED) is 0.428. The van der Waals surface area contributed by atoms with E-state index in [2.05, 4.69) is 26.7 Å². The summed E-state index contributed by atoms with van der Waals surface area (Å²) in [5.41, 5.74) is -5.41. The number of hydrogen-bond acceptors (Lipinski definition) is 3. The molecule has 0 bridgehead atoms. The molecule has 0 aromatic heterocycles. The van der Waals surface area contributed by atoms with Gasteiger partial charge >= 0.3 is 15.6 Å². The summed E-state index contributed by atoms with van der Waals surface area (Å²) in [6.07, 6.45) is 0. The molecule has 0 heterocycles. The first-order chi connectivity index (χ1) is 4.67. The fraction of sp³-hybridized carbons (Fsp3) is 0.333. The van der Waals surface area contributed by atoms with Crippen molar-refractivity contribution in [3.05, 3.63) is 11.2 Å². The molecule has 8 heteroatoms. The maximum absolute atomic E-state index is 11.4. The highest BCUT2D eigenvalue weighted by molar-refractivity contribution is 9.11.